The zero-order valence-electron chi connectivity index (χ0n) is 10.8. The molecular formula is C11H11Cl2NO4S2. The largest absolute Gasteiger partial charge is 0.263 e. The summed E-state index contributed by atoms with van der Waals surface area (Å²) in [5, 5.41) is 0. The van der Waals surface area contributed by atoms with Crippen molar-refractivity contribution in [1.29, 1.82) is 0 Å². The Morgan fingerprint density at radius 2 is 1.60 bits per heavy atom. The summed E-state index contributed by atoms with van der Waals surface area (Å²) < 4.78 is 46.9. The monoisotopic (exact) mass is 355 g/mol. The smallest absolute Gasteiger partial charge is 0.257 e. The second-order valence-electron chi connectivity index (χ2n) is 4.98. The molecule has 1 heterocycles. The van der Waals surface area contributed by atoms with Crippen LogP contribution < -0.4 is 0 Å². The summed E-state index contributed by atoms with van der Waals surface area (Å²) >= 11 is 0. The maximum Gasteiger partial charge on any atom is 0.263 e. The van der Waals surface area contributed by atoms with Crippen molar-refractivity contribution in [2.45, 2.75) is 36.0 Å². The van der Waals surface area contributed by atoms with E-state index in [0.717, 1.165) is 6.07 Å². The zero-order chi connectivity index (χ0) is 15.5. The summed E-state index contributed by atoms with van der Waals surface area (Å²) in [5.74, 6) is 0. The maximum absolute atomic E-state index is 11.8. The van der Waals surface area contributed by atoms with Gasteiger partial charge in [-0.3, -0.25) is 4.99 Å². The average Bonchev–Trinajstić information content (AvgIpc) is 2.46. The van der Waals surface area contributed by atoms with Gasteiger partial charge in [-0.05, 0) is 19.1 Å². The van der Waals surface area contributed by atoms with Gasteiger partial charge in [0.25, 0.3) is 18.1 Å². The number of aliphatic imine (C=N–C) groups is 1. The molecule has 110 valence electrons. The number of hydrogen-bond acceptors (Lipinski definition) is 5. The Hall–Kier alpha value is -0.630. The Bertz CT molecular complexity index is 839. The van der Waals surface area contributed by atoms with Crippen LogP contribution in [0.5, 0.6) is 0 Å². The highest BCUT2D eigenvalue weighted by atomic mass is 35.7. The van der Waals surface area contributed by atoms with E-state index < -0.39 is 33.3 Å². The van der Waals surface area contributed by atoms with Gasteiger partial charge in [-0.25, -0.2) is 16.8 Å². The minimum absolute atomic E-state index is 0.256. The van der Waals surface area contributed by atoms with E-state index in [1.165, 1.54) is 6.07 Å². The summed E-state index contributed by atoms with van der Waals surface area (Å²) in [5.41, 5.74) is 0.560. The normalized spacial score (nSPS) is 17.8. The van der Waals surface area contributed by atoms with Crippen molar-refractivity contribution in [1.82, 2.24) is 0 Å². The van der Waals surface area contributed by atoms with Gasteiger partial charge < -0.3 is 0 Å². The van der Waals surface area contributed by atoms with E-state index in [1.54, 1.807) is 20.8 Å². The lowest BCUT2D eigenvalue weighted by molar-refractivity contribution is 0.592. The molecule has 0 N–H and O–H groups in total. The molecule has 0 bridgehead atoms. The van der Waals surface area contributed by atoms with Gasteiger partial charge in [-0.15, -0.1) is 0 Å². The quantitative estimate of drug-likeness (QED) is 0.763. The molecule has 1 aliphatic rings. The van der Waals surface area contributed by atoms with Gasteiger partial charge in [0.15, 0.2) is 0 Å². The van der Waals surface area contributed by atoms with Crippen LogP contribution >= 0.6 is 21.4 Å². The second kappa shape index (κ2) is 4.43. The molecule has 0 radical (unpaired) electrons. The summed E-state index contributed by atoms with van der Waals surface area (Å²) in [6, 6.07) is 2.53. The molecule has 1 aromatic rings. The number of benzene rings is 1. The molecule has 0 aromatic heterocycles. The van der Waals surface area contributed by atoms with Crippen molar-refractivity contribution in [3.05, 3.63) is 17.7 Å². The van der Waals surface area contributed by atoms with E-state index in [9.17, 15) is 16.8 Å². The van der Waals surface area contributed by atoms with Gasteiger partial charge in [0.1, 0.15) is 9.79 Å². The molecular weight excluding hydrogens is 345 g/mol. The maximum atomic E-state index is 11.8. The molecule has 0 saturated heterocycles. The molecule has 0 unspecified atom stereocenters. The van der Waals surface area contributed by atoms with Crippen LogP contribution in [0.1, 0.15) is 26.3 Å². The van der Waals surface area contributed by atoms with Crippen molar-refractivity contribution in [2.24, 2.45) is 4.99 Å². The van der Waals surface area contributed by atoms with E-state index in [1.807, 2.05) is 0 Å². The number of hydrogen-bond donors (Lipinski definition) is 0. The average molecular weight is 356 g/mol. The number of rotatable bonds is 2. The third-order valence-electron chi connectivity index (χ3n) is 3.42. The molecule has 0 saturated carbocycles. The van der Waals surface area contributed by atoms with Crippen LogP contribution in [-0.4, -0.2) is 22.5 Å². The molecule has 20 heavy (non-hydrogen) atoms. The van der Waals surface area contributed by atoms with Crippen molar-refractivity contribution in [3.63, 3.8) is 0 Å². The molecule has 0 atom stereocenters. The van der Waals surface area contributed by atoms with Crippen LogP contribution in [0.4, 0.5) is 5.69 Å². The fourth-order valence-electron chi connectivity index (χ4n) is 2.19. The molecule has 1 aromatic carbocycles. The summed E-state index contributed by atoms with van der Waals surface area (Å²) in [4.78, 5) is 3.25. The van der Waals surface area contributed by atoms with Gasteiger partial charge >= 0.3 is 0 Å². The van der Waals surface area contributed by atoms with E-state index in [-0.39, 0.29) is 5.56 Å². The molecule has 2 rings (SSSR count). The highest BCUT2D eigenvalue weighted by Gasteiger charge is 2.40. The molecule has 5 nitrogen and oxygen atoms in total. The molecule has 1 aliphatic heterocycles. The summed E-state index contributed by atoms with van der Waals surface area (Å²) in [6.45, 7) is 5.22. The lowest BCUT2D eigenvalue weighted by Crippen LogP contribution is -2.25. The van der Waals surface area contributed by atoms with E-state index in [4.69, 9.17) is 21.4 Å². The Morgan fingerprint density at radius 1 is 1.05 bits per heavy atom. The lowest BCUT2D eigenvalue weighted by Gasteiger charge is -2.23. The summed E-state index contributed by atoms with van der Waals surface area (Å²) in [7, 11) is 2.19. The Balaban J connectivity index is 3.02. The first kappa shape index (κ1) is 15.8. The van der Waals surface area contributed by atoms with Crippen LogP contribution in [0.15, 0.2) is 26.9 Å². The van der Waals surface area contributed by atoms with E-state index >= 15 is 0 Å². The third kappa shape index (κ3) is 2.36. The van der Waals surface area contributed by atoms with Gasteiger partial charge in [-0.1, -0.05) is 13.8 Å². The fourth-order valence-corrected chi connectivity index (χ4v) is 5.45. The number of nitrogens with zero attached hydrogens (tertiary/aromatic N) is 1. The number of fused-ring (bicyclic) bond motifs is 1. The van der Waals surface area contributed by atoms with Crippen molar-refractivity contribution >= 4 is 50.9 Å². The van der Waals surface area contributed by atoms with Crippen molar-refractivity contribution in [2.75, 3.05) is 0 Å². The molecule has 9 heteroatoms. The summed E-state index contributed by atoms with van der Waals surface area (Å²) in [6.07, 6.45) is 0. The highest BCUT2D eigenvalue weighted by molar-refractivity contribution is 8.16. The van der Waals surface area contributed by atoms with Crippen LogP contribution in [0.25, 0.3) is 0 Å². The van der Waals surface area contributed by atoms with E-state index in [0.29, 0.717) is 11.4 Å². The molecule has 0 amide bonds. The Labute approximate surface area is 126 Å². The zero-order valence-corrected chi connectivity index (χ0v) is 14.0. The Kier molecular flexibility index (Phi) is 3.49. The predicted molar refractivity (Wildman–Crippen MR) is 78.3 cm³/mol. The SMILES string of the molecule is CC1=Nc2ccc(S(=O)(=O)Cl)c(S(=O)(=O)Cl)c2C1(C)C. The minimum atomic E-state index is -4.30. The van der Waals surface area contributed by atoms with Gasteiger partial charge in [0, 0.05) is 38.1 Å². The first-order valence-electron chi connectivity index (χ1n) is 5.49. The fraction of sp³-hybridized carbons (Fsp3) is 0.364. The predicted octanol–water partition coefficient (Wildman–Crippen LogP) is 2.93. The van der Waals surface area contributed by atoms with Crippen LogP contribution in [0.2, 0.25) is 0 Å². The first-order chi connectivity index (χ1) is 8.87. The van der Waals surface area contributed by atoms with Crippen LogP contribution in [0, 0.1) is 0 Å². The van der Waals surface area contributed by atoms with Gasteiger partial charge in [0.2, 0.25) is 0 Å². The lowest BCUT2D eigenvalue weighted by atomic mass is 9.82. The number of halogens is 2. The topological polar surface area (TPSA) is 80.6 Å². The molecule has 0 fully saturated rings. The van der Waals surface area contributed by atoms with Crippen molar-refractivity contribution < 1.29 is 16.8 Å². The standard InChI is InChI=1S/C11H11Cl2NO4S2/c1-6-11(2,3)9-7(14-6)4-5-8(19(12,15)16)10(9)20(13,17)18/h4-5H,1-3H3. The first-order valence-corrected chi connectivity index (χ1v) is 10.1. The van der Waals surface area contributed by atoms with Crippen LogP contribution in [0.3, 0.4) is 0 Å². The molecule has 0 aliphatic carbocycles. The van der Waals surface area contributed by atoms with Crippen molar-refractivity contribution in [3.8, 4) is 0 Å². The van der Waals surface area contributed by atoms with Gasteiger partial charge in [0.05, 0.1) is 5.69 Å². The van der Waals surface area contributed by atoms with Gasteiger partial charge in [-0.2, -0.15) is 0 Å². The highest BCUT2D eigenvalue weighted by Crippen LogP contribution is 2.47. The second-order valence-corrected chi connectivity index (χ2v) is 10.0. The Morgan fingerprint density at radius 3 is 2.05 bits per heavy atom. The third-order valence-corrected chi connectivity index (χ3v) is 6.29. The van der Waals surface area contributed by atoms with Crippen LogP contribution in [-0.2, 0) is 23.5 Å². The van der Waals surface area contributed by atoms with E-state index in [2.05, 4.69) is 4.99 Å². The minimum Gasteiger partial charge on any atom is -0.257 e. The molecule has 0 spiro atoms.